The van der Waals surface area contributed by atoms with Crippen molar-refractivity contribution in [2.24, 2.45) is 0 Å². The summed E-state index contributed by atoms with van der Waals surface area (Å²) in [4.78, 5) is 10.9. The van der Waals surface area contributed by atoms with Gasteiger partial charge in [-0.3, -0.25) is 0 Å². The zero-order valence-electron chi connectivity index (χ0n) is 12.1. The first kappa shape index (κ1) is 13.6. The average Bonchev–Trinajstić information content (AvgIpc) is 3.12. The van der Waals surface area contributed by atoms with E-state index in [1.54, 1.807) is 6.07 Å². The van der Waals surface area contributed by atoms with Crippen LogP contribution in [0.15, 0.2) is 22.6 Å². The van der Waals surface area contributed by atoms with Crippen LogP contribution in [0.25, 0.3) is 22.1 Å². The van der Waals surface area contributed by atoms with Crippen LogP contribution in [0.1, 0.15) is 6.42 Å². The Morgan fingerprint density at radius 2 is 2.23 bits per heavy atom. The Morgan fingerprint density at radius 1 is 1.36 bits per heavy atom. The highest BCUT2D eigenvalue weighted by Gasteiger charge is 2.26. The SMILES string of the molecule is CN[C@@H]1CCN(c2nc(N)nc3c2oc2c(Cl)cccc23)C1. The van der Waals surface area contributed by atoms with Crippen LogP contribution in [0.5, 0.6) is 0 Å². The number of rotatable bonds is 2. The number of nitrogens with two attached hydrogens (primary N) is 1. The Kier molecular flexibility index (Phi) is 3.09. The Labute approximate surface area is 132 Å². The summed E-state index contributed by atoms with van der Waals surface area (Å²) in [5, 5.41) is 4.72. The summed E-state index contributed by atoms with van der Waals surface area (Å²) in [6, 6.07) is 6.06. The molecule has 1 aliphatic heterocycles. The van der Waals surface area contributed by atoms with E-state index < -0.39 is 0 Å². The van der Waals surface area contributed by atoms with Gasteiger partial charge in [0.05, 0.1) is 5.02 Å². The number of nitrogens with one attached hydrogen (secondary N) is 1. The average molecular weight is 318 g/mol. The van der Waals surface area contributed by atoms with E-state index in [0.717, 1.165) is 30.7 Å². The Hall–Kier alpha value is -2.05. The van der Waals surface area contributed by atoms with Gasteiger partial charge in [-0.2, -0.15) is 4.98 Å². The van der Waals surface area contributed by atoms with Gasteiger partial charge in [0.15, 0.2) is 17.0 Å². The topological polar surface area (TPSA) is 80.2 Å². The summed E-state index contributed by atoms with van der Waals surface area (Å²) in [6.07, 6.45) is 1.06. The molecule has 1 saturated heterocycles. The standard InChI is InChI=1S/C15H16ClN5O/c1-18-8-5-6-21(7-8)14-13-11(19-15(17)20-14)9-3-2-4-10(16)12(9)22-13/h2-4,8,18H,5-7H2,1H3,(H2,17,19,20)/t8-/m1/s1. The fraction of sp³-hybridized carbons (Fsp3) is 0.333. The highest BCUT2D eigenvalue weighted by atomic mass is 35.5. The van der Waals surface area contributed by atoms with Crippen LogP contribution in [0.2, 0.25) is 5.02 Å². The van der Waals surface area contributed by atoms with Gasteiger partial charge in [-0.1, -0.05) is 17.7 Å². The molecule has 1 fully saturated rings. The van der Waals surface area contributed by atoms with Crippen LogP contribution in [-0.2, 0) is 0 Å². The first-order valence-corrected chi connectivity index (χ1v) is 7.61. The number of hydrogen-bond donors (Lipinski definition) is 2. The van der Waals surface area contributed by atoms with E-state index in [9.17, 15) is 0 Å². The lowest BCUT2D eigenvalue weighted by Gasteiger charge is -2.17. The number of para-hydroxylation sites is 1. The van der Waals surface area contributed by atoms with Gasteiger partial charge in [0, 0.05) is 24.5 Å². The van der Waals surface area contributed by atoms with E-state index in [-0.39, 0.29) is 5.95 Å². The third kappa shape index (κ3) is 1.99. The molecule has 22 heavy (non-hydrogen) atoms. The maximum Gasteiger partial charge on any atom is 0.222 e. The third-order valence-electron chi connectivity index (χ3n) is 4.19. The van der Waals surface area contributed by atoms with Crippen molar-refractivity contribution in [1.82, 2.24) is 15.3 Å². The highest BCUT2D eigenvalue weighted by Crippen LogP contribution is 2.37. The molecule has 7 heteroatoms. The number of halogens is 1. The first-order valence-electron chi connectivity index (χ1n) is 7.24. The van der Waals surface area contributed by atoms with E-state index in [1.165, 1.54) is 0 Å². The zero-order chi connectivity index (χ0) is 15.3. The number of fused-ring (bicyclic) bond motifs is 3. The van der Waals surface area contributed by atoms with Gasteiger partial charge < -0.3 is 20.4 Å². The van der Waals surface area contributed by atoms with Crippen molar-refractivity contribution in [1.29, 1.82) is 0 Å². The van der Waals surface area contributed by atoms with E-state index in [2.05, 4.69) is 20.2 Å². The minimum absolute atomic E-state index is 0.248. The predicted octanol–water partition coefficient (Wildman–Crippen LogP) is 2.41. The number of likely N-dealkylation sites (N-methyl/N-ethyl adjacent to an activating group) is 1. The van der Waals surface area contributed by atoms with Gasteiger partial charge in [-0.05, 0) is 25.6 Å². The lowest BCUT2D eigenvalue weighted by atomic mass is 10.2. The molecule has 114 valence electrons. The molecule has 0 bridgehead atoms. The molecule has 6 nitrogen and oxygen atoms in total. The van der Waals surface area contributed by atoms with Crippen molar-refractivity contribution in [2.75, 3.05) is 30.8 Å². The van der Waals surface area contributed by atoms with Crippen LogP contribution >= 0.6 is 11.6 Å². The van der Waals surface area contributed by atoms with Gasteiger partial charge in [0.25, 0.3) is 0 Å². The monoisotopic (exact) mass is 317 g/mol. The molecule has 1 aromatic carbocycles. The Bertz CT molecular complexity index is 862. The van der Waals surface area contributed by atoms with Crippen LogP contribution in [0.4, 0.5) is 11.8 Å². The lowest BCUT2D eigenvalue weighted by Crippen LogP contribution is -2.30. The molecular weight excluding hydrogens is 302 g/mol. The summed E-state index contributed by atoms with van der Waals surface area (Å²) >= 11 is 6.23. The van der Waals surface area contributed by atoms with Gasteiger partial charge >= 0.3 is 0 Å². The Morgan fingerprint density at radius 3 is 3.00 bits per heavy atom. The number of benzene rings is 1. The largest absolute Gasteiger partial charge is 0.449 e. The lowest BCUT2D eigenvalue weighted by molar-refractivity contribution is 0.615. The van der Waals surface area contributed by atoms with Crippen molar-refractivity contribution in [3.05, 3.63) is 23.2 Å². The highest BCUT2D eigenvalue weighted by molar-refractivity contribution is 6.35. The molecule has 3 N–H and O–H groups in total. The summed E-state index contributed by atoms with van der Waals surface area (Å²) in [5.74, 6) is 0.991. The van der Waals surface area contributed by atoms with Crippen molar-refractivity contribution >= 4 is 45.4 Å². The zero-order valence-corrected chi connectivity index (χ0v) is 12.9. The van der Waals surface area contributed by atoms with Crippen molar-refractivity contribution in [3.8, 4) is 0 Å². The van der Waals surface area contributed by atoms with E-state index in [1.807, 2.05) is 19.2 Å². The molecule has 3 heterocycles. The minimum atomic E-state index is 0.248. The van der Waals surface area contributed by atoms with Crippen molar-refractivity contribution in [3.63, 3.8) is 0 Å². The van der Waals surface area contributed by atoms with Gasteiger partial charge in [-0.25, -0.2) is 4.98 Å². The molecule has 3 aromatic rings. The molecule has 2 aromatic heterocycles. The number of hydrogen-bond acceptors (Lipinski definition) is 6. The van der Waals surface area contributed by atoms with Crippen LogP contribution in [-0.4, -0.2) is 36.1 Å². The molecule has 0 aliphatic carbocycles. The Balaban J connectivity index is 1.95. The number of aromatic nitrogens is 2. The maximum absolute atomic E-state index is 6.23. The normalized spacial score (nSPS) is 18.6. The second-order valence-electron chi connectivity index (χ2n) is 5.52. The molecule has 0 radical (unpaired) electrons. The minimum Gasteiger partial charge on any atom is -0.449 e. The molecule has 0 saturated carbocycles. The molecule has 0 spiro atoms. The summed E-state index contributed by atoms with van der Waals surface area (Å²) in [6.45, 7) is 1.77. The number of nitrogens with zero attached hydrogens (tertiary/aromatic N) is 3. The van der Waals surface area contributed by atoms with E-state index in [0.29, 0.717) is 27.7 Å². The molecular formula is C15H16ClN5O. The first-order chi connectivity index (χ1) is 10.7. The fourth-order valence-corrected chi connectivity index (χ4v) is 3.25. The molecule has 4 rings (SSSR count). The predicted molar refractivity (Wildman–Crippen MR) is 88.4 cm³/mol. The summed E-state index contributed by atoms with van der Waals surface area (Å²) in [5.41, 5.74) is 7.90. The smallest absolute Gasteiger partial charge is 0.222 e. The summed E-state index contributed by atoms with van der Waals surface area (Å²) in [7, 11) is 1.97. The molecule has 1 atom stereocenters. The quantitative estimate of drug-likeness (QED) is 0.755. The van der Waals surface area contributed by atoms with Crippen molar-refractivity contribution in [2.45, 2.75) is 12.5 Å². The number of anilines is 2. The second kappa shape index (κ2) is 5.00. The number of furan rings is 1. The van der Waals surface area contributed by atoms with E-state index in [4.69, 9.17) is 21.8 Å². The molecule has 1 aliphatic rings. The molecule has 0 unspecified atom stereocenters. The van der Waals surface area contributed by atoms with Crippen molar-refractivity contribution < 1.29 is 4.42 Å². The number of nitrogen functional groups attached to an aromatic ring is 1. The third-order valence-corrected chi connectivity index (χ3v) is 4.48. The van der Waals surface area contributed by atoms with Crippen LogP contribution < -0.4 is 16.0 Å². The van der Waals surface area contributed by atoms with Gasteiger partial charge in [0.2, 0.25) is 5.95 Å². The van der Waals surface area contributed by atoms with Gasteiger partial charge in [-0.15, -0.1) is 0 Å². The second-order valence-corrected chi connectivity index (χ2v) is 5.93. The van der Waals surface area contributed by atoms with Gasteiger partial charge in [0.1, 0.15) is 5.52 Å². The fourth-order valence-electron chi connectivity index (χ4n) is 3.04. The van der Waals surface area contributed by atoms with Crippen LogP contribution in [0.3, 0.4) is 0 Å². The van der Waals surface area contributed by atoms with E-state index >= 15 is 0 Å². The van der Waals surface area contributed by atoms with Crippen LogP contribution in [0, 0.1) is 0 Å². The summed E-state index contributed by atoms with van der Waals surface area (Å²) < 4.78 is 5.98. The maximum atomic E-state index is 6.23. The molecule has 0 amide bonds.